The maximum Gasteiger partial charge on any atom is 0.166 e. The van der Waals surface area contributed by atoms with E-state index in [1.165, 1.54) is 20.7 Å². The molecule has 6 rings (SSSR count). The first kappa shape index (κ1) is 54.9. The minimum atomic E-state index is -2.88. The number of halogens is 2. The summed E-state index contributed by atoms with van der Waals surface area (Å²) in [6, 6.07) is 59.1. The topological polar surface area (TPSA) is 0 Å². The highest BCUT2D eigenvalue weighted by molar-refractivity contribution is 7.11. The van der Waals surface area contributed by atoms with Crippen LogP contribution in [-0.2, 0) is 0 Å². The monoisotopic (exact) mass is 1040 g/mol. The standard InChI is InChI=1S/C66H64Cl2Si4/c1-65(2,3)71(57-29-17-13-18-30-57,58-31-19-14-20-32-58)63(61(67)49-51-69(7,8)9)47-45-55-41-37-53(38-42-55)27-25-26-28-54-39-43-56(44-40-54)46-48-64(62(68)50-52-70(10,11)12)72(66(4,5)6,59-33-21-15-22-34-59)60-35-23-16-24-36-60/h13-24,29-44H,1-12H3/b63-61+,64-62+. The van der Waals surface area contributed by atoms with Crippen molar-refractivity contribution in [1.82, 2.24) is 0 Å². The summed E-state index contributed by atoms with van der Waals surface area (Å²) in [4.78, 5) is 0. The van der Waals surface area contributed by atoms with E-state index >= 15 is 0 Å². The van der Waals surface area contributed by atoms with Crippen LogP contribution in [0.2, 0.25) is 49.4 Å². The SMILES string of the molecule is CC(C)(C)[Si](/C(C#Cc1ccc(C#CC#Cc2ccc(C#C/C(=C(\Cl)C#C[Si](C)(C)C)[Si](c3ccccc3)(c3ccccc3)C(C)(C)C)cc2)cc1)=C(/Cl)C#C[Si](C)(C)C)(c1ccccc1)c1ccccc1. The maximum atomic E-state index is 7.40. The highest BCUT2D eigenvalue weighted by Gasteiger charge is 2.52. The highest BCUT2D eigenvalue weighted by atomic mass is 35.5. The zero-order valence-corrected chi connectivity index (χ0v) is 49.4. The van der Waals surface area contributed by atoms with Crippen molar-refractivity contribution in [3.8, 4) is 70.3 Å². The fraction of sp³-hybridized carbons (Fsp3) is 0.212. The zero-order chi connectivity index (χ0) is 52.2. The molecule has 0 aliphatic rings. The van der Waals surface area contributed by atoms with Crippen LogP contribution in [0.1, 0.15) is 63.8 Å². The van der Waals surface area contributed by atoms with Crippen LogP contribution >= 0.6 is 23.2 Å². The molecule has 358 valence electrons. The summed E-state index contributed by atoms with van der Waals surface area (Å²) in [7, 11) is -9.26. The van der Waals surface area contributed by atoms with Crippen LogP contribution in [0.4, 0.5) is 0 Å². The molecule has 0 aromatic heterocycles. The summed E-state index contributed by atoms with van der Waals surface area (Å²) >= 11 is 14.8. The highest BCUT2D eigenvalue weighted by Crippen LogP contribution is 2.43. The smallest absolute Gasteiger partial charge is 0.126 e. The first-order chi connectivity index (χ1) is 34.1. The predicted octanol–water partition coefficient (Wildman–Crippen LogP) is 13.7. The van der Waals surface area contributed by atoms with Crippen LogP contribution in [0.3, 0.4) is 0 Å². The lowest BCUT2D eigenvalue weighted by molar-refractivity contribution is 0.736. The molecule has 0 saturated carbocycles. The van der Waals surface area contributed by atoms with Gasteiger partial charge in [-0.3, -0.25) is 0 Å². The van der Waals surface area contributed by atoms with Gasteiger partial charge < -0.3 is 0 Å². The Kier molecular flexibility index (Phi) is 17.9. The molecule has 0 nitrogen and oxygen atoms in total. The Morgan fingerprint density at radius 2 is 0.569 bits per heavy atom. The Balaban J connectivity index is 1.32. The van der Waals surface area contributed by atoms with Crippen LogP contribution < -0.4 is 20.7 Å². The van der Waals surface area contributed by atoms with Gasteiger partial charge in [0.05, 0.1) is 10.1 Å². The molecule has 6 aromatic carbocycles. The third-order valence-corrected chi connectivity index (χ3v) is 26.5. The number of hydrogen-bond donors (Lipinski definition) is 0. The van der Waals surface area contributed by atoms with E-state index in [1.807, 2.05) is 48.5 Å². The second-order valence-electron chi connectivity index (χ2n) is 22.0. The number of allylic oxidation sites excluding steroid dienone is 4. The first-order valence-electron chi connectivity index (χ1n) is 24.4. The molecule has 0 fully saturated rings. The van der Waals surface area contributed by atoms with E-state index in [1.54, 1.807) is 0 Å². The van der Waals surface area contributed by atoms with E-state index in [9.17, 15) is 0 Å². The Bertz CT molecular complexity index is 3020. The van der Waals surface area contributed by atoms with E-state index in [4.69, 9.17) is 23.2 Å². The number of rotatable bonds is 6. The summed E-state index contributed by atoms with van der Waals surface area (Å²) in [5, 5.41) is 7.47. The summed E-state index contributed by atoms with van der Waals surface area (Å²) < 4.78 is 0. The number of benzene rings is 6. The van der Waals surface area contributed by atoms with Gasteiger partial charge in [-0.15, -0.1) is 11.1 Å². The van der Waals surface area contributed by atoms with E-state index < -0.39 is 32.3 Å². The van der Waals surface area contributed by atoms with Crippen molar-refractivity contribution in [2.45, 2.75) is 90.9 Å². The molecule has 6 aromatic rings. The molecule has 0 unspecified atom stereocenters. The van der Waals surface area contributed by atoms with Crippen molar-refractivity contribution >= 4 is 76.2 Å². The molecule has 0 spiro atoms. The van der Waals surface area contributed by atoms with E-state index in [0.717, 1.165) is 32.6 Å². The fourth-order valence-corrected chi connectivity index (χ4v) is 22.2. The van der Waals surface area contributed by atoms with Crippen LogP contribution in [0.5, 0.6) is 0 Å². The van der Waals surface area contributed by atoms with Gasteiger partial charge in [0, 0.05) is 32.6 Å². The molecule has 0 atom stereocenters. The first-order valence-corrected chi connectivity index (χ1v) is 36.2. The average molecular weight is 1040 g/mol. The second-order valence-corrected chi connectivity index (χ2v) is 41.6. The third kappa shape index (κ3) is 13.4. The van der Waals surface area contributed by atoms with Crippen LogP contribution in [0.15, 0.2) is 190 Å². The van der Waals surface area contributed by atoms with E-state index in [2.05, 4.69) is 272 Å². The normalized spacial score (nSPS) is 12.4. The van der Waals surface area contributed by atoms with E-state index in [-0.39, 0.29) is 10.1 Å². The molecule has 0 aliphatic heterocycles. The van der Waals surface area contributed by atoms with Crippen molar-refractivity contribution in [3.05, 3.63) is 213 Å². The van der Waals surface area contributed by atoms with Crippen molar-refractivity contribution < 1.29 is 0 Å². The lowest BCUT2D eigenvalue weighted by Gasteiger charge is -2.44. The van der Waals surface area contributed by atoms with Gasteiger partial charge in [-0.2, -0.15) is 0 Å². The quantitative estimate of drug-likeness (QED) is 0.115. The molecule has 6 heteroatoms. The van der Waals surface area contributed by atoms with Gasteiger partial charge in [0.15, 0.2) is 16.1 Å². The van der Waals surface area contributed by atoms with Crippen LogP contribution in [0.25, 0.3) is 0 Å². The van der Waals surface area contributed by atoms with Crippen molar-refractivity contribution in [1.29, 1.82) is 0 Å². The van der Waals surface area contributed by atoms with Crippen molar-refractivity contribution in [2.24, 2.45) is 0 Å². The molecular formula is C66H64Cl2Si4. The molecular weight excluding hydrogens is 976 g/mol. The van der Waals surface area contributed by atoms with Crippen LogP contribution in [-0.4, -0.2) is 32.3 Å². The van der Waals surface area contributed by atoms with Gasteiger partial charge in [0.1, 0.15) is 16.1 Å². The summed E-state index contributed by atoms with van der Waals surface area (Å²) in [5.41, 5.74) is 10.5. The zero-order valence-electron chi connectivity index (χ0n) is 43.9. The summed E-state index contributed by atoms with van der Waals surface area (Å²) in [6.07, 6.45) is 0. The molecule has 0 bridgehead atoms. The average Bonchev–Trinajstić information content (AvgIpc) is 3.34. The molecule has 0 saturated heterocycles. The molecule has 0 heterocycles. The lowest BCUT2D eigenvalue weighted by atomic mass is 10.1. The molecule has 0 radical (unpaired) electrons. The largest absolute Gasteiger partial charge is 0.166 e. The minimum Gasteiger partial charge on any atom is -0.126 e. The molecule has 0 N–H and O–H groups in total. The maximum absolute atomic E-state index is 7.40. The predicted molar refractivity (Wildman–Crippen MR) is 324 cm³/mol. The third-order valence-electron chi connectivity index (χ3n) is 12.3. The molecule has 72 heavy (non-hydrogen) atoms. The van der Waals surface area contributed by atoms with Gasteiger partial charge in [0.2, 0.25) is 0 Å². The Morgan fingerprint density at radius 3 is 0.792 bits per heavy atom. The fourth-order valence-electron chi connectivity index (χ4n) is 9.13. The second kappa shape index (κ2) is 23.4. The Morgan fingerprint density at radius 1 is 0.333 bits per heavy atom. The number of hydrogen-bond acceptors (Lipinski definition) is 0. The lowest BCUT2D eigenvalue weighted by Crippen LogP contribution is -2.66. The molecule has 0 amide bonds. The van der Waals surface area contributed by atoms with E-state index in [0.29, 0.717) is 10.1 Å². The van der Waals surface area contributed by atoms with Crippen LogP contribution in [0, 0.1) is 70.3 Å². The molecule has 0 aliphatic carbocycles. The van der Waals surface area contributed by atoms with Gasteiger partial charge in [-0.1, -0.05) is 273 Å². The summed E-state index contributed by atoms with van der Waals surface area (Å²) in [6.45, 7) is 27.3. The Labute approximate surface area is 446 Å². The summed E-state index contributed by atoms with van der Waals surface area (Å²) in [5.74, 6) is 33.7. The van der Waals surface area contributed by atoms with Gasteiger partial charge in [0.25, 0.3) is 0 Å². The minimum absolute atomic E-state index is 0.205. The van der Waals surface area contributed by atoms with Gasteiger partial charge in [-0.05, 0) is 91.2 Å². The van der Waals surface area contributed by atoms with Gasteiger partial charge >= 0.3 is 0 Å². The van der Waals surface area contributed by atoms with Crippen molar-refractivity contribution in [3.63, 3.8) is 0 Å². The Hall–Kier alpha value is -6.39. The van der Waals surface area contributed by atoms with Crippen molar-refractivity contribution in [2.75, 3.05) is 0 Å². The van der Waals surface area contributed by atoms with Gasteiger partial charge in [-0.25, -0.2) is 0 Å².